The van der Waals surface area contributed by atoms with Gasteiger partial charge in [0.05, 0.1) is 0 Å². The van der Waals surface area contributed by atoms with Gasteiger partial charge in [0.2, 0.25) is 5.84 Å². The Morgan fingerprint density at radius 1 is 1.67 bits per heavy atom. The number of dihydropyridines is 1. The highest BCUT2D eigenvalue weighted by atomic mass is 16.4. The predicted molar refractivity (Wildman–Crippen MR) is 34.6 cm³/mol. The molecule has 0 aromatic carbocycles. The summed E-state index contributed by atoms with van der Waals surface area (Å²) in [5, 5.41) is 18.0. The van der Waals surface area contributed by atoms with Gasteiger partial charge in [-0.2, -0.15) is 0 Å². The minimum atomic E-state index is 0.0532. The van der Waals surface area contributed by atoms with E-state index >= 15 is 0 Å². The average Bonchev–Trinajstić information content (AvgIpc) is 1.89. The van der Waals surface area contributed by atoms with Gasteiger partial charge in [-0.05, 0) is 12.2 Å². The molecule has 0 spiro atoms. The third-order valence-corrected chi connectivity index (χ3v) is 0.881. The lowest BCUT2D eigenvalue weighted by Gasteiger charge is -1.96. The van der Waals surface area contributed by atoms with Crippen LogP contribution in [0.25, 0.3) is 0 Å². The summed E-state index contributed by atoms with van der Waals surface area (Å²) in [6.45, 7) is 0. The van der Waals surface area contributed by atoms with Crippen molar-refractivity contribution < 1.29 is 5.21 Å². The molecular weight excluding hydrogens is 118 g/mol. The maximum atomic E-state index is 8.16. The molecule has 4 heteroatoms. The predicted octanol–water partition coefficient (Wildman–Crippen LogP) is 0.434. The Morgan fingerprint density at radius 2 is 2.44 bits per heavy atom. The second kappa shape index (κ2) is 2.21. The van der Waals surface area contributed by atoms with Crippen LogP contribution in [0.5, 0.6) is 0 Å². The molecule has 0 aromatic heterocycles. The Kier molecular flexibility index (Phi) is 1.40. The van der Waals surface area contributed by atoms with E-state index in [1.165, 1.54) is 12.3 Å². The number of allylic oxidation sites excluding steroid dienone is 1. The first kappa shape index (κ1) is 5.68. The lowest BCUT2D eigenvalue weighted by molar-refractivity contribution is 0.319. The van der Waals surface area contributed by atoms with Crippen molar-refractivity contribution in [3.05, 3.63) is 12.2 Å². The monoisotopic (exact) mass is 123 g/mol. The second-order valence-corrected chi connectivity index (χ2v) is 1.47. The number of rotatable bonds is 0. The number of nitrogens with zero attached hydrogens (tertiary/aromatic N) is 2. The number of aliphatic imine (C=N–C) groups is 1. The molecule has 0 aromatic rings. The van der Waals surface area contributed by atoms with Crippen molar-refractivity contribution in [2.75, 3.05) is 0 Å². The van der Waals surface area contributed by atoms with E-state index in [-0.39, 0.29) is 11.5 Å². The summed E-state index contributed by atoms with van der Waals surface area (Å²) in [5.74, 6) is 0.0532. The molecule has 0 amide bonds. The van der Waals surface area contributed by atoms with Crippen LogP contribution < -0.4 is 0 Å². The Morgan fingerprint density at radius 3 is 2.89 bits per heavy atom. The molecule has 0 atom stereocenters. The van der Waals surface area contributed by atoms with E-state index in [9.17, 15) is 0 Å². The Bertz CT molecular complexity index is 214. The van der Waals surface area contributed by atoms with Crippen LogP contribution in [0.4, 0.5) is 0 Å². The molecule has 1 aliphatic heterocycles. The van der Waals surface area contributed by atoms with Crippen LogP contribution in [0.15, 0.2) is 22.3 Å². The van der Waals surface area contributed by atoms with Gasteiger partial charge in [-0.1, -0.05) is 5.16 Å². The second-order valence-electron chi connectivity index (χ2n) is 1.47. The van der Waals surface area contributed by atoms with Gasteiger partial charge in [-0.15, -0.1) is 0 Å². The molecule has 0 saturated carbocycles. The largest absolute Gasteiger partial charge is 0.409 e. The molecule has 1 heterocycles. The lowest BCUT2D eigenvalue weighted by atomic mass is 10.3. The van der Waals surface area contributed by atoms with E-state index in [0.717, 1.165) is 0 Å². The topological polar surface area (TPSA) is 68.8 Å². The number of hydrogen-bond acceptors (Lipinski definition) is 3. The van der Waals surface area contributed by atoms with Gasteiger partial charge in [-0.25, -0.2) is 4.99 Å². The van der Waals surface area contributed by atoms with Gasteiger partial charge in [0.1, 0.15) is 5.71 Å². The minimum Gasteiger partial charge on any atom is -0.409 e. The van der Waals surface area contributed by atoms with Crippen LogP contribution in [-0.2, 0) is 0 Å². The molecular formula is C5H5N3O. The summed E-state index contributed by atoms with van der Waals surface area (Å²) in [7, 11) is 0. The fraction of sp³-hybridized carbons (Fsp3) is 0. The first-order valence-corrected chi connectivity index (χ1v) is 2.36. The summed E-state index contributed by atoms with van der Waals surface area (Å²) < 4.78 is 0. The standard InChI is InChI=1S/C5H5N3O/c6-4-2-1-3-7-5(4)8-9/h1-3,6,9H. The molecule has 0 bridgehead atoms. The van der Waals surface area contributed by atoms with Crippen molar-refractivity contribution >= 4 is 17.8 Å². The molecule has 1 aliphatic rings. The Hall–Kier alpha value is -1.45. The zero-order valence-electron chi connectivity index (χ0n) is 4.57. The van der Waals surface area contributed by atoms with Gasteiger partial charge in [0, 0.05) is 6.21 Å². The molecule has 0 fully saturated rings. The molecule has 0 radical (unpaired) electrons. The lowest BCUT2D eigenvalue weighted by Crippen LogP contribution is -2.10. The Labute approximate surface area is 51.7 Å². The van der Waals surface area contributed by atoms with Crippen molar-refractivity contribution in [3.8, 4) is 0 Å². The zero-order valence-corrected chi connectivity index (χ0v) is 4.57. The molecule has 9 heavy (non-hydrogen) atoms. The maximum Gasteiger partial charge on any atom is 0.216 e. The number of amidine groups is 1. The fourth-order valence-corrected chi connectivity index (χ4v) is 0.477. The van der Waals surface area contributed by atoms with Crippen molar-refractivity contribution in [1.82, 2.24) is 0 Å². The van der Waals surface area contributed by atoms with Crippen molar-refractivity contribution in [1.29, 1.82) is 5.41 Å². The third kappa shape index (κ3) is 1.02. The molecule has 46 valence electrons. The normalized spacial score (nSPS) is 21.3. The highest BCUT2D eigenvalue weighted by molar-refractivity contribution is 6.47. The highest BCUT2D eigenvalue weighted by Crippen LogP contribution is 1.90. The van der Waals surface area contributed by atoms with Crippen LogP contribution in [0.2, 0.25) is 0 Å². The summed E-state index contributed by atoms with van der Waals surface area (Å²) in [4.78, 5) is 3.59. The van der Waals surface area contributed by atoms with Gasteiger partial charge in [0.25, 0.3) is 0 Å². The molecule has 0 saturated heterocycles. The van der Waals surface area contributed by atoms with Crippen LogP contribution in [0, 0.1) is 5.41 Å². The van der Waals surface area contributed by atoms with Crippen LogP contribution in [-0.4, -0.2) is 23.0 Å². The van der Waals surface area contributed by atoms with Gasteiger partial charge in [-0.3, -0.25) is 5.41 Å². The van der Waals surface area contributed by atoms with Gasteiger partial charge < -0.3 is 5.21 Å². The first-order valence-electron chi connectivity index (χ1n) is 2.36. The van der Waals surface area contributed by atoms with Crippen molar-refractivity contribution in [3.63, 3.8) is 0 Å². The summed E-state index contributed by atoms with van der Waals surface area (Å²) >= 11 is 0. The van der Waals surface area contributed by atoms with Crippen molar-refractivity contribution in [2.24, 2.45) is 10.1 Å². The molecule has 2 N–H and O–H groups in total. The third-order valence-electron chi connectivity index (χ3n) is 0.881. The van der Waals surface area contributed by atoms with E-state index in [1.807, 2.05) is 0 Å². The maximum absolute atomic E-state index is 8.16. The van der Waals surface area contributed by atoms with E-state index < -0.39 is 0 Å². The van der Waals surface area contributed by atoms with Gasteiger partial charge >= 0.3 is 0 Å². The van der Waals surface area contributed by atoms with E-state index in [0.29, 0.717) is 0 Å². The summed E-state index contributed by atoms with van der Waals surface area (Å²) in [6.07, 6.45) is 4.58. The fourth-order valence-electron chi connectivity index (χ4n) is 0.477. The van der Waals surface area contributed by atoms with E-state index in [4.69, 9.17) is 10.6 Å². The first-order chi connectivity index (χ1) is 4.34. The van der Waals surface area contributed by atoms with Gasteiger partial charge in [0.15, 0.2) is 0 Å². The SMILES string of the molecule is N=C1C=CC=NC1=NO. The highest BCUT2D eigenvalue weighted by Gasteiger charge is 2.02. The van der Waals surface area contributed by atoms with Crippen LogP contribution >= 0.6 is 0 Å². The molecule has 4 nitrogen and oxygen atoms in total. The molecule has 1 rings (SSSR count). The van der Waals surface area contributed by atoms with E-state index in [2.05, 4.69) is 10.1 Å². The van der Waals surface area contributed by atoms with Crippen LogP contribution in [0.1, 0.15) is 0 Å². The minimum absolute atomic E-state index is 0.0532. The van der Waals surface area contributed by atoms with Crippen molar-refractivity contribution in [2.45, 2.75) is 0 Å². The summed E-state index contributed by atoms with van der Waals surface area (Å²) in [5.41, 5.74) is 0.125. The quantitative estimate of drug-likeness (QED) is 0.356. The van der Waals surface area contributed by atoms with Crippen LogP contribution in [0.3, 0.4) is 0 Å². The average molecular weight is 123 g/mol. The zero-order chi connectivity index (χ0) is 6.69. The molecule has 0 unspecified atom stereocenters. The summed E-state index contributed by atoms with van der Waals surface area (Å²) in [6, 6.07) is 0. The number of nitrogens with one attached hydrogen (secondary N) is 1. The number of hydrogen-bond donors (Lipinski definition) is 2. The van der Waals surface area contributed by atoms with E-state index in [1.54, 1.807) is 6.08 Å². The molecule has 0 aliphatic carbocycles. The smallest absolute Gasteiger partial charge is 0.216 e. The number of oxime groups is 1. The Balaban J connectivity index is 2.91.